The van der Waals surface area contributed by atoms with Crippen molar-refractivity contribution in [2.24, 2.45) is 5.16 Å². The number of benzene rings is 1. The minimum Gasteiger partial charge on any atom is -0.411 e. The van der Waals surface area contributed by atoms with Crippen molar-refractivity contribution >= 4 is 29.1 Å². The van der Waals surface area contributed by atoms with Crippen LogP contribution in [0.4, 0.5) is 10.2 Å². The van der Waals surface area contributed by atoms with E-state index in [-0.39, 0.29) is 24.0 Å². The molecule has 2 aliphatic rings. The summed E-state index contributed by atoms with van der Waals surface area (Å²) in [5, 5.41) is 14.3. The van der Waals surface area contributed by atoms with Gasteiger partial charge in [0.25, 0.3) is 5.91 Å². The van der Waals surface area contributed by atoms with E-state index >= 15 is 0 Å². The van der Waals surface area contributed by atoms with Crippen molar-refractivity contribution in [3.63, 3.8) is 0 Å². The molecule has 5 heterocycles. The fourth-order valence-corrected chi connectivity index (χ4v) is 5.26. The number of anilines is 1. The Morgan fingerprint density at radius 2 is 1.98 bits per heavy atom. The van der Waals surface area contributed by atoms with Crippen LogP contribution in [0, 0.1) is 5.82 Å². The number of fused-ring (bicyclic) bond motifs is 2. The average molecular weight is 592 g/mol. The molecule has 6 rings (SSSR count). The summed E-state index contributed by atoms with van der Waals surface area (Å²) >= 11 is 0. The molecule has 1 aromatic carbocycles. The van der Waals surface area contributed by atoms with E-state index in [1.807, 2.05) is 19.9 Å². The molecule has 2 saturated heterocycles. The van der Waals surface area contributed by atoms with Gasteiger partial charge in [-0.25, -0.2) is 24.3 Å². The molecule has 2 fully saturated rings. The third kappa shape index (κ3) is 6.08. The van der Waals surface area contributed by atoms with Crippen LogP contribution < -0.4 is 5.32 Å². The number of carbonyl (C=O) groups excluding carboxylic acids is 1. The highest BCUT2D eigenvalue weighted by Gasteiger charge is 2.56. The molecule has 2 N–H and O–H groups in total. The Morgan fingerprint density at radius 1 is 1.16 bits per heavy atom. The molecule has 3 aromatic heterocycles. The summed E-state index contributed by atoms with van der Waals surface area (Å²) in [5.74, 6) is -1.43. The van der Waals surface area contributed by atoms with E-state index < -0.39 is 36.1 Å². The second kappa shape index (κ2) is 12.1. The quantitative estimate of drug-likeness (QED) is 0.121. The van der Waals surface area contributed by atoms with Gasteiger partial charge in [0.05, 0.1) is 19.1 Å². The maximum absolute atomic E-state index is 13.7. The van der Waals surface area contributed by atoms with Crippen LogP contribution in [-0.4, -0.2) is 79.1 Å². The first kappa shape index (κ1) is 28.7. The zero-order valence-corrected chi connectivity index (χ0v) is 23.5. The summed E-state index contributed by atoms with van der Waals surface area (Å²) in [6.45, 7) is 4.34. The molecule has 0 unspecified atom stereocenters. The maximum Gasteiger partial charge on any atom is 0.256 e. The average Bonchev–Trinajstić information content (AvgIpc) is 3.66. The first-order valence-electron chi connectivity index (χ1n) is 13.8. The number of nitrogens with zero attached hydrogens (tertiary/aromatic N) is 6. The number of amides is 1. The highest BCUT2D eigenvalue weighted by atomic mass is 19.1. The van der Waals surface area contributed by atoms with Gasteiger partial charge in [-0.15, -0.1) is 0 Å². The van der Waals surface area contributed by atoms with Gasteiger partial charge in [-0.1, -0.05) is 23.4 Å². The zero-order chi connectivity index (χ0) is 30.0. The molecule has 1 amide bonds. The van der Waals surface area contributed by atoms with E-state index in [9.17, 15) is 9.18 Å². The Balaban J connectivity index is 1.12. The summed E-state index contributed by atoms with van der Waals surface area (Å²) in [5.41, 5.74) is 2.00. The lowest BCUT2D eigenvalue weighted by Crippen LogP contribution is -2.33. The maximum atomic E-state index is 13.7. The number of carbonyl (C=O) groups is 1. The summed E-state index contributed by atoms with van der Waals surface area (Å²) in [7, 11) is 0. The SMILES string of the molecule is CC1(C)O[C@@H]2[C@H](O1)[C@@H](COCCCc1ccc(F)c(/C=N\O)n1)O[C@H]2n1cnc2c(NC(=O)c3ccccc3)ncnc21. The fraction of sp³-hybridized carbons (Fsp3) is 0.379. The van der Waals surface area contributed by atoms with Gasteiger partial charge in [0.1, 0.15) is 30.3 Å². The monoisotopic (exact) mass is 591 g/mol. The Morgan fingerprint density at radius 3 is 2.79 bits per heavy atom. The highest BCUT2D eigenvalue weighted by Crippen LogP contribution is 2.44. The highest BCUT2D eigenvalue weighted by molar-refractivity contribution is 6.06. The third-order valence-corrected chi connectivity index (χ3v) is 7.14. The molecule has 43 heavy (non-hydrogen) atoms. The largest absolute Gasteiger partial charge is 0.411 e. The van der Waals surface area contributed by atoms with Gasteiger partial charge in [-0.2, -0.15) is 0 Å². The van der Waals surface area contributed by atoms with Crippen LogP contribution in [0.2, 0.25) is 0 Å². The topological polar surface area (TPSA) is 155 Å². The number of hydrogen-bond donors (Lipinski definition) is 2. The van der Waals surface area contributed by atoms with E-state index in [1.165, 1.54) is 12.4 Å². The summed E-state index contributed by atoms with van der Waals surface area (Å²) in [6.07, 6.45) is 3.15. The third-order valence-electron chi connectivity index (χ3n) is 7.14. The summed E-state index contributed by atoms with van der Waals surface area (Å²) < 4.78 is 40.3. The molecule has 224 valence electrons. The summed E-state index contributed by atoms with van der Waals surface area (Å²) in [4.78, 5) is 30.1. The van der Waals surface area contributed by atoms with Crippen LogP contribution in [0.5, 0.6) is 0 Å². The van der Waals surface area contributed by atoms with Crippen LogP contribution in [0.25, 0.3) is 11.2 Å². The van der Waals surface area contributed by atoms with Gasteiger partial charge in [0, 0.05) is 17.9 Å². The number of imidazole rings is 1. The molecule has 0 bridgehead atoms. The molecular formula is C29H30FN7O6. The first-order valence-corrected chi connectivity index (χ1v) is 13.8. The van der Waals surface area contributed by atoms with E-state index in [0.29, 0.717) is 41.9 Å². The van der Waals surface area contributed by atoms with E-state index in [2.05, 4.69) is 30.4 Å². The predicted octanol–water partition coefficient (Wildman–Crippen LogP) is 3.49. The van der Waals surface area contributed by atoms with Gasteiger partial charge in [0.15, 0.2) is 34.8 Å². The number of oxime groups is 1. The molecule has 2 aliphatic heterocycles. The summed E-state index contributed by atoms with van der Waals surface area (Å²) in [6, 6.07) is 11.7. The van der Waals surface area contributed by atoms with Crippen LogP contribution in [0.15, 0.2) is 60.3 Å². The molecule has 4 atom stereocenters. The van der Waals surface area contributed by atoms with Crippen molar-refractivity contribution in [1.82, 2.24) is 24.5 Å². The van der Waals surface area contributed by atoms with Crippen molar-refractivity contribution in [2.75, 3.05) is 18.5 Å². The number of nitrogens with one attached hydrogen (secondary N) is 1. The predicted molar refractivity (Wildman–Crippen MR) is 150 cm³/mol. The minimum atomic E-state index is -0.834. The lowest BCUT2D eigenvalue weighted by atomic mass is 10.1. The number of rotatable bonds is 10. The van der Waals surface area contributed by atoms with Gasteiger partial charge in [-0.3, -0.25) is 9.36 Å². The van der Waals surface area contributed by atoms with Crippen LogP contribution >= 0.6 is 0 Å². The zero-order valence-electron chi connectivity index (χ0n) is 23.5. The molecule has 0 saturated carbocycles. The van der Waals surface area contributed by atoms with Gasteiger partial charge < -0.3 is 29.5 Å². The van der Waals surface area contributed by atoms with Crippen molar-refractivity contribution < 1.29 is 33.3 Å². The van der Waals surface area contributed by atoms with Crippen molar-refractivity contribution in [2.45, 2.75) is 57.0 Å². The lowest BCUT2D eigenvalue weighted by Gasteiger charge is -2.24. The van der Waals surface area contributed by atoms with Gasteiger partial charge in [0.2, 0.25) is 0 Å². The van der Waals surface area contributed by atoms with Crippen LogP contribution in [0.1, 0.15) is 48.2 Å². The molecule has 0 spiro atoms. The number of pyridine rings is 1. The molecular weight excluding hydrogens is 561 g/mol. The van der Waals surface area contributed by atoms with E-state index in [4.69, 9.17) is 24.2 Å². The number of aryl methyl sites for hydroxylation is 1. The first-order chi connectivity index (χ1) is 20.8. The smallest absolute Gasteiger partial charge is 0.256 e. The molecule has 13 nitrogen and oxygen atoms in total. The Labute approximate surface area is 245 Å². The minimum absolute atomic E-state index is 0.0265. The number of aromatic nitrogens is 5. The van der Waals surface area contributed by atoms with Crippen molar-refractivity contribution in [3.05, 3.63) is 77.9 Å². The number of ether oxygens (including phenoxy) is 4. The second-order valence-corrected chi connectivity index (χ2v) is 10.6. The second-order valence-electron chi connectivity index (χ2n) is 10.6. The van der Waals surface area contributed by atoms with Crippen LogP contribution in [-0.2, 0) is 25.4 Å². The lowest BCUT2D eigenvalue weighted by molar-refractivity contribution is -0.201. The Hall–Kier alpha value is -4.37. The standard InChI is InChI=1S/C29H30FN7O6/c1-29(2)42-23-21(14-40-12-6-9-18-10-11-19(30)20(35-18)13-34-39)41-28(24(23)43-29)37-16-33-22-25(31-15-32-26(22)37)36-27(38)17-7-4-3-5-8-17/h3-5,7-8,10-11,13,15-16,21,23-24,28,39H,6,9,12,14H2,1-2H3,(H,31,32,36,38)/b34-13-/t21-,23-,24-,28-/m1/s1. The molecule has 4 aromatic rings. The Bertz CT molecular complexity index is 1630. The van der Waals surface area contributed by atoms with E-state index in [1.54, 1.807) is 41.2 Å². The number of hydrogen-bond acceptors (Lipinski definition) is 11. The fourth-order valence-electron chi connectivity index (χ4n) is 5.26. The van der Waals surface area contributed by atoms with Gasteiger partial charge >= 0.3 is 0 Å². The number of halogens is 1. The molecule has 0 radical (unpaired) electrons. The Kier molecular flexibility index (Phi) is 8.08. The van der Waals surface area contributed by atoms with Crippen molar-refractivity contribution in [1.29, 1.82) is 0 Å². The molecule has 0 aliphatic carbocycles. The van der Waals surface area contributed by atoms with Crippen molar-refractivity contribution in [3.8, 4) is 0 Å². The van der Waals surface area contributed by atoms with Gasteiger partial charge in [-0.05, 0) is 51.0 Å². The van der Waals surface area contributed by atoms with E-state index in [0.717, 1.165) is 6.21 Å². The van der Waals surface area contributed by atoms with Crippen LogP contribution in [0.3, 0.4) is 0 Å². The normalized spacial score (nSPS) is 22.8. The molecule has 14 heteroatoms.